The van der Waals surface area contributed by atoms with Crippen molar-refractivity contribution in [2.75, 3.05) is 5.73 Å². The molecule has 0 aromatic heterocycles. The number of anilines is 1. The second-order valence-electron chi connectivity index (χ2n) is 4.27. The van der Waals surface area contributed by atoms with Crippen LogP contribution in [0.1, 0.15) is 28.4 Å². The molecule has 19 heavy (non-hydrogen) atoms. The molecule has 0 fully saturated rings. The van der Waals surface area contributed by atoms with Gasteiger partial charge in [0.15, 0.2) is 0 Å². The second-order valence-corrected chi connectivity index (χ2v) is 4.27. The lowest BCUT2D eigenvalue weighted by molar-refractivity contribution is 0.0697. The van der Waals surface area contributed by atoms with Crippen molar-refractivity contribution in [1.82, 2.24) is 0 Å². The number of hydrogen-bond acceptors (Lipinski definition) is 2. The summed E-state index contributed by atoms with van der Waals surface area (Å²) in [5, 5.41) is 8.55. The van der Waals surface area contributed by atoms with Crippen molar-refractivity contribution in [3.63, 3.8) is 0 Å². The van der Waals surface area contributed by atoms with E-state index in [0.717, 1.165) is 17.7 Å². The molecule has 3 N–H and O–H groups in total. The number of nitrogens with two attached hydrogens (primary N) is 1. The van der Waals surface area contributed by atoms with Crippen LogP contribution in [0.15, 0.2) is 48.5 Å². The average Bonchev–Trinajstić information content (AvgIpc) is 2.39. The molecule has 0 radical (unpaired) electrons. The first-order valence-corrected chi connectivity index (χ1v) is 6.17. The van der Waals surface area contributed by atoms with E-state index in [4.69, 9.17) is 10.8 Å². The molecule has 0 bridgehead atoms. The number of carboxylic acid groups (broad SMARTS) is 1. The first-order chi connectivity index (χ1) is 9.02. The van der Waals surface area contributed by atoms with Crippen molar-refractivity contribution in [2.45, 2.75) is 20.3 Å². The van der Waals surface area contributed by atoms with Crippen molar-refractivity contribution in [1.29, 1.82) is 0 Å². The lowest BCUT2D eigenvalue weighted by Gasteiger charge is -1.96. The van der Waals surface area contributed by atoms with Gasteiger partial charge in [0, 0.05) is 5.69 Å². The quantitative estimate of drug-likeness (QED) is 0.809. The van der Waals surface area contributed by atoms with Gasteiger partial charge < -0.3 is 10.8 Å². The molecule has 0 amide bonds. The molecule has 0 aliphatic heterocycles. The summed E-state index contributed by atoms with van der Waals surface area (Å²) in [7, 11) is 0. The fourth-order valence-electron chi connectivity index (χ4n) is 1.55. The number of carbonyl (C=O) groups is 1. The van der Waals surface area contributed by atoms with Gasteiger partial charge in [0.1, 0.15) is 0 Å². The summed E-state index contributed by atoms with van der Waals surface area (Å²) in [6.45, 7) is 4.06. The van der Waals surface area contributed by atoms with Gasteiger partial charge in [-0.15, -0.1) is 0 Å². The first-order valence-electron chi connectivity index (χ1n) is 6.17. The summed E-state index contributed by atoms with van der Waals surface area (Å²) in [4.78, 5) is 10.4. The molecular formula is C16H19NO2. The Balaban J connectivity index is 0.000000200. The second kappa shape index (κ2) is 7.21. The number of hydrogen-bond donors (Lipinski definition) is 2. The van der Waals surface area contributed by atoms with Gasteiger partial charge in [-0.25, -0.2) is 4.79 Å². The monoisotopic (exact) mass is 257 g/mol. The molecule has 0 atom stereocenters. The highest BCUT2D eigenvalue weighted by molar-refractivity contribution is 5.87. The maximum absolute atomic E-state index is 10.4. The van der Waals surface area contributed by atoms with E-state index in [1.165, 1.54) is 5.56 Å². The Morgan fingerprint density at radius 3 is 2.16 bits per heavy atom. The third kappa shape index (κ3) is 5.25. The third-order valence-corrected chi connectivity index (χ3v) is 2.65. The van der Waals surface area contributed by atoms with Crippen LogP contribution in [0.2, 0.25) is 0 Å². The maximum atomic E-state index is 10.4. The highest BCUT2D eigenvalue weighted by atomic mass is 16.4. The molecule has 0 aliphatic rings. The number of aromatic carboxylic acids is 1. The smallest absolute Gasteiger partial charge is 0.335 e. The molecule has 0 aliphatic carbocycles. The van der Waals surface area contributed by atoms with Crippen molar-refractivity contribution >= 4 is 11.7 Å². The van der Waals surface area contributed by atoms with Gasteiger partial charge >= 0.3 is 5.97 Å². The van der Waals surface area contributed by atoms with E-state index in [9.17, 15) is 4.79 Å². The highest BCUT2D eigenvalue weighted by Gasteiger charge is 1.99. The van der Waals surface area contributed by atoms with Gasteiger partial charge in [0.05, 0.1) is 5.56 Å². The van der Waals surface area contributed by atoms with Crippen LogP contribution in [0.3, 0.4) is 0 Å². The zero-order valence-corrected chi connectivity index (χ0v) is 11.3. The molecular weight excluding hydrogens is 238 g/mol. The average molecular weight is 257 g/mol. The fraction of sp³-hybridized carbons (Fsp3) is 0.188. The topological polar surface area (TPSA) is 63.3 Å². The van der Waals surface area contributed by atoms with E-state index in [0.29, 0.717) is 5.56 Å². The van der Waals surface area contributed by atoms with E-state index >= 15 is 0 Å². The van der Waals surface area contributed by atoms with Crippen molar-refractivity contribution in [2.24, 2.45) is 0 Å². The van der Waals surface area contributed by atoms with Gasteiger partial charge in [-0.1, -0.05) is 31.2 Å². The van der Waals surface area contributed by atoms with Crippen LogP contribution in [0, 0.1) is 6.92 Å². The third-order valence-electron chi connectivity index (χ3n) is 2.65. The molecule has 0 saturated carbocycles. The van der Waals surface area contributed by atoms with Crippen molar-refractivity contribution < 1.29 is 9.90 Å². The van der Waals surface area contributed by atoms with Gasteiger partial charge in [0.2, 0.25) is 0 Å². The molecule has 2 aromatic rings. The van der Waals surface area contributed by atoms with Gasteiger partial charge in [-0.2, -0.15) is 0 Å². The van der Waals surface area contributed by atoms with Crippen molar-refractivity contribution in [3.8, 4) is 0 Å². The fourth-order valence-corrected chi connectivity index (χ4v) is 1.55. The van der Waals surface area contributed by atoms with E-state index < -0.39 is 5.97 Å². The molecule has 0 saturated heterocycles. The highest BCUT2D eigenvalue weighted by Crippen LogP contribution is 2.04. The lowest BCUT2D eigenvalue weighted by Crippen LogP contribution is -1.95. The van der Waals surface area contributed by atoms with Gasteiger partial charge in [0.25, 0.3) is 0 Å². The van der Waals surface area contributed by atoms with E-state index in [-0.39, 0.29) is 0 Å². The molecule has 2 rings (SSSR count). The number of nitrogen functional groups attached to an aromatic ring is 1. The number of carboxylic acids is 1. The molecule has 0 unspecified atom stereocenters. The largest absolute Gasteiger partial charge is 0.478 e. The Kier molecular flexibility index (Phi) is 5.61. The standard InChI is InChI=1S/C9H10O2.C7H9N/c1-2-7-3-5-8(6-4-7)9(10)11;1-6-3-2-4-7(8)5-6/h3-6H,2H2,1H3,(H,10,11);2-5H,8H2,1H3. The Bertz CT molecular complexity index is 515. The number of aryl methyl sites for hydroxylation is 2. The van der Waals surface area contributed by atoms with Crippen LogP contribution in [0.25, 0.3) is 0 Å². The van der Waals surface area contributed by atoms with E-state index in [2.05, 4.69) is 0 Å². The van der Waals surface area contributed by atoms with Crippen LogP contribution in [-0.4, -0.2) is 11.1 Å². The molecule has 2 aromatic carbocycles. The van der Waals surface area contributed by atoms with Crippen LogP contribution in [0.4, 0.5) is 5.69 Å². The number of benzene rings is 2. The van der Waals surface area contributed by atoms with Crippen molar-refractivity contribution in [3.05, 3.63) is 65.2 Å². The number of rotatable bonds is 2. The molecule has 3 nitrogen and oxygen atoms in total. The summed E-state index contributed by atoms with van der Waals surface area (Å²) in [6, 6.07) is 14.7. The Labute approximate surface area is 113 Å². The summed E-state index contributed by atoms with van der Waals surface area (Å²) in [5.74, 6) is -0.868. The molecule has 0 spiro atoms. The first kappa shape index (κ1) is 14.8. The van der Waals surface area contributed by atoms with Crippen LogP contribution < -0.4 is 5.73 Å². The SMILES string of the molecule is CCc1ccc(C(=O)O)cc1.Cc1cccc(N)c1. The Morgan fingerprint density at radius 2 is 1.79 bits per heavy atom. The summed E-state index contributed by atoms with van der Waals surface area (Å²) in [6.07, 6.45) is 0.944. The van der Waals surface area contributed by atoms with Crippen LogP contribution in [-0.2, 0) is 6.42 Å². The molecule has 100 valence electrons. The zero-order chi connectivity index (χ0) is 14.3. The predicted octanol–water partition coefficient (Wildman–Crippen LogP) is 3.52. The maximum Gasteiger partial charge on any atom is 0.335 e. The summed E-state index contributed by atoms with van der Waals surface area (Å²) < 4.78 is 0. The van der Waals surface area contributed by atoms with Crippen LogP contribution in [0.5, 0.6) is 0 Å². The van der Waals surface area contributed by atoms with E-state index in [1.54, 1.807) is 12.1 Å². The zero-order valence-electron chi connectivity index (χ0n) is 11.3. The normalized spacial score (nSPS) is 9.37. The van der Waals surface area contributed by atoms with Gasteiger partial charge in [-0.3, -0.25) is 0 Å². The lowest BCUT2D eigenvalue weighted by atomic mass is 10.1. The minimum atomic E-state index is -0.868. The Hall–Kier alpha value is -2.29. The van der Waals surface area contributed by atoms with Gasteiger partial charge in [-0.05, 0) is 48.7 Å². The molecule has 0 heterocycles. The predicted molar refractivity (Wildman–Crippen MR) is 78.4 cm³/mol. The summed E-state index contributed by atoms with van der Waals surface area (Å²) in [5.41, 5.74) is 9.02. The molecule has 3 heteroatoms. The van der Waals surface area contributed by atoms with E-state index in [1.807, 2.05) is 50.2 Å². The van der Waals surface area contributed by atoms with Crippen LogP contribution >= 0.6 is 0 Å². The summed E-state index contributed by atoms with van der Waals surface area (Å²) >= 11 is 0. The minimum absolute atomic E-state index is 0.349. The Morgan fingerprint density at radius 1 is 1.16 bits per heavy atom. The minimum Gasteiger partial charge on any atom is -0.478 e.